The summed E-state index contributed by atoms with van der Waals surface area (Å²) in [4.78, 5) is 2.59. The number of likely N-dealkylation sites (N-methyl/N-ethyl adjacent to an activating group) is 1. The van der Waals surface area contributed by atoms with Crippen molar-refractivity contribution < 1.29 is 4.74 Å². The zero-order chi connectivity index (χ0) is 11.1. The van der Waals surface area contributed by atoms with Crippen molar-refractivity contribution in [3.8, 4) is 0 Å². The van der Waals surface area contributed by atoms with Gasteiger partial charge < -0.3 is 10.1 Å². The molecule has 0 aliphatic carbocycles. The molecule has 0 aromatic rings. The van der Waals surface area contributed by atoms with Crippen molar-refractivity contribution in [3.63, 3.8) is 0 Å². The Morgan fingerprint density at radius 2 is 2.13 bits per heavy atom. The van der Waals surface area contributed by atoms with Gasteiger partial charge in [-0.05, 0) is 13.0 Å². The van der Waals surface area contributed by atoms with Gasteiger partial charge >= 0.3 is 0 Å². The Morgan fingerprint density at radius 1 is 1.40 bits per heavy atom. The van der Waals surface area contributed by atoms with Gasteiger partial charge in [-0.3, -0.25) is 4.90 Å². The quantitative estimate of drug-likeness (QED) is 0.722. The number of nitrogens with one attached hydrogen (secondary N) is 1. The molecule has 1 saturated heterocycles. The molecule has 90 valence electrons. The maximum Gasteiger partial charge on any atom is 0.0634 e. The van der Waals surface area contributed by atoms with Crippen molar-refractivity contribution in [3.05, 3.63) is 0 Å². The van der Waals surface area contributed by atoms with Gasteiger partial charge in [-0.15, -0.1) is 0 Å². The number of hydrogen-bond donors (Lipinski definition) is 1. The number of rotatable bonds is 6. The minimum atomic E-state index is 0.573. The minimum Gasteiger partial charge on any atom is -0.378 e. The van der Waals surface area contributed by atoms with Crippen LogP contribution in [0.15, 0.2) is 0 Å². The van der Waals surface area contributed by atoms with Crippen molar-refractivity contribution in [1.29, 1.82) is 0 Å². The van der Waals surface area contributed by atoms with E-state index >= 15 is 0 Å². The molecule has 0 radical (unpaired) electrons. The van der Waals surface area contributed by atoms with E-state index in [0.717, 1.165) is 32.2 Å². The molecular weight excluding hydrogens is 188 g/mol. The van der Waals surface area contributed by atoms with E-state index in [-0.39, 0.29) is 0 Å². The number of hydrogen-bond acceptors (Lipinski definition) is 3. The molecule has 1 atom stereocenters. The molecule has 0 aromatic carbocycles. The summed E-state index contributed by atoms with van der Waals surface area (Å²) in [7, 11) is 2.02. The summed E-state index contributed by atoms with van der Waals surface area (Å²) in [6.45, 7) is 9.76. The van der Waals surface area contributed by atoms with E-state index in [1.54, 1.807) is 0 Å². The average Bonchev–Trinajstić information content (AvgIpc) is 2.28. The Morgan fingerprint density at radius 3 is 2.73 bits per heavy atom. The van der Waals surface area contributed by atoms with E-state index in [1.807, 2.05) is 7.05 Å². The predicted molar refractivity (Wildman–Crippen MR) is 64.2 cm³/mol. The molecular formula is C12H26N2O. The summed E-state index contributed by atoms with van der Waals surface area (Å²) in [5, 5.41) is 3.26. The second-order valence-electron chi connectivity index (χ2n) is 4.46. The summed E-state index contributed by atoms with van der Waals surface area (Å²) >= 11 is 0. The number of ether oxygens (including phenoxy) is 1. The number of morpholine rings is 1. The maximum atomic E-state index is 5.53. The molecule has 1 heterocycles. The van der Waals surface area contributed by atoms with Gasteiger partial charge in [0.2, 0.25) is 0 Å². The van der Waals surface area contributed by atoms with Crippen LogP contribution in [0.2, 0.25) is 0 Å². The third-order valence-corrected chi connectivity index (χ3v) is 3.44. The molecule has 3 nitrogen and oxygen atoms in total. The molecule has 1 rings (SSSR count). The lowest BCUT2D eigenvalue weighted by atomic mass is 10.0. The molecule has 0 bridgehead atoms. The summed E-state index contributed by atoms with van der Waals surface area (Å²) in [6, 6.07) is 0.573. The highest BCUT2D eigenvalue weighted by Gasteiger charge is 2.23. The first-order valence-electron chi connectivity index (χ1n) is 6.28. The summed E-state index contributed by atoms with van der Waals surface area (Å²) in [5.41, 5.74) is 0. The van der Waals surface area contributed by atoms with Gasteiger partial charge in [0.05, 0.1) is 13.2 Å². The van der Waals surface area contributed by atoms with Crippen LogP contribution in [0, 0.1) is 5.92 Å². The molecule has 3 heteroatoms. The summed E-state index contributed by atoms with van der Waals surface area (Å²) in [6.07, 6.45) is 2.58. The van der Waals surface area contributed by atoms with Gasteiger partial charge in [-0.2, -0.15) is 0 Å². The molecule has 0 amide bonds. The normalized spacial score (nSPS) is 23.6. The van der Waals surface area contributed by atoms with Crippen LogP contribution >= 0.6 is 0 Å². The van der Waals surface area contributed by atoms with Crippen molar-refractivity contribution >= 4 is 0 Å². The molecule has 15 heavy (non-hydrogen) atoms. The van der Waals surface area contributed by atoms with E-state index in [1.165, 1.54) is 19.4 Å². The van der Waals surface area contributed by atoms with Crippen LogP contribution in [0.1, 0.15) is 26.7 Å². The molecule has 1 unspecified atom stereocenters. The fraction of sp³-hybridized carbons (Fsp3) is 1.00. The van der Waals surface area contributed by atoms with Crippen LogP contribution in [-0.4, -0.2) is 50.8 Å². The van der Waals surface area contributed by atoms with Gasteiger partial charge in [0.1, 0.15) is 0 Å². The minimum absolute atomic E-state index is 0.573. The molecule has 1 aliphatic rings. The second-order valence-corrected chi connectivity index (χ2v) is 4.46. The predicted octanol–water partition coefficient (Wildman–Crippen LogP) is 1.34. The largest absolute Gasteiger partial charge is 0.378 e. The zero-order valence-electron chi connectivity index (χ0n) is 10.5. The van der Waals surface area contributed by atoms with Crippen molar-refractivity contribution in [1.82, 2.24) is 10.2 Å². The fourth-order valence-electron chi connectivity index (χ4n) is 2.23. The maximum absolute atomic E-state index is 5.53. The molecule has 0 aromatic heterocycles. The van der Waals surface area contributed by atoms with E-state index in [2.05, 4.69) is 24.1 Å². The van der Waals surface area contributed by atoms with Gasteiger partial charge in [0, 0.05) is 25.7 Å². The summed E-state index contributed by atoms with van der Waals surface area (Å²) < 4.78 is 5.53. The highest BCUT2D eigenvalue weighted by molar-refractivity contribution is 4.78. The van der Waals surface area contributed by atoms with Crippen molar-refractivity contribution in [2.24, 2.45) is 5.92 Å². The summed E-state index contributed by atoms with van der Waals surface area (Å²) in [5.74, 6) is 0.849. The first-order valence-corrected chi connectivity index (χ1v) is 6.28. The van der Waals surface area contributed by atoms with Gasteiger partial charge in [-0.25, -0.2) is 0 Å². The van der Waals surface area contributed by atoms with Crippen molar-refractivity contribution in [2.75, 3.05) is 39.9 Å². The zero-order valence-corrected chi connectivity index (χ0v) is 10.5. The lowest BCUT2D eigenvalue weighted by molar-refractivity contribution is -0.0135. The lowest BCUT2D eigenvalue weighted by Crippen LogP contribution is -2.51. The molecule has 1 N–H and O–H groups in total. The Kier molecular flexibility index (Phi) is 6.22. The average molecular weight is 214 g/mol. The molecule has 0 saturated carbocycles. The van der Waals surface area contributed by atoms with Crippen LogP contribution in [0.25, 0.3) is 0 Å². The van der Waals surface area contributed by atoms with E-state index in [0.29, 0.717) is 6.04 Å². The Balaban J connectivity index is 2.40. The van der Waals surface area contributed by atoms with E-state index in [4.69, 9.17) is 4.74 Å². The fourth-order valence-corrected chi connectivity index (χ4v) is 2.23. The second kappa shape index (κ2) is 7.20. The topological polar surface area (TPSA) is 24.5 Å². The SMILES string of the molecule is CCC(CC)CN1CCOCC1CNC. The van der Waals surface area contributed by atoms with Crippen molar-refractivity contribution in [2.45, 2.75) is 32.7 Å². The van der Waals surface area contributed by atoms with E-state index < -0.39 is 0 Å². The third-order valence-electron chi connectivity index (χ3n) is 3.44. The van der Waals surface area contributed by atoms with Gasteiger partial charge in [0.25, 0.3) is 0 Å². The van der Waals surface area contributed by atoms with Crippen LogP contribution in [-0.2, 0) is 4.74 Å². The van der Waals surface area contributed by atoms with Crippen LogP contribution in [0.4, 0.5) is 0 Å². The smallest absolute Gasteiger partial charge is 0.0634 e. The van der Waals surface area contributed by atoms with Crippen LogP contribution < -0.4 is 5.32 Å². The first-order chi connectivity index (χ1) is 7.31. The highest BCUT2D eigenvalue weighted by Crippen LogP contribution is 2.14. The lowest BCUT2D eigenvalue weighted by Gasteiger charge is -2.37. The third kappa shape index (κ3) is 4.09. The van der Waals surface area contributed by atoms with E-state index in [9.17, 15) is 0 Å². The Labute approximate surface area is 94.2 Å². The standard InChI is InChI=1S/C12H26N2O/c1-4-11(5-2)9-14-6-7-15-10-12(14)8-13-3/h11-13H,4-10H2,1-3H3. The van der Waals surface area contributed by atoms with Crippen LogP contribution in [0.5, 0.6) is 0 Å². The Bertz CT molecular complexity index is 158. The number of nitrogens with zero attached hydrogens (tertiary/aromatic N) is 1. The molecule has 1 fully saturated rings. The molecule has 0 spiro atoms. The molecule has 1 aliphatic heterocycles. The van der Waals surface area contributed by atoms with Gasteiger partial charge in [-0.1, -0.05) is 26.7 Å². The first kappa shape index (κ1) is 12.9. The van der Waals surface area contributed by atoms with Gasteiger partial charge in [0.15, 0.2) is 0 Å². The monoisotopic (exact) mass is 214 g/mol. The highest BCUT2D eigenvalue weighted by atomic mass is 16.5. The Hall–Kier alpha value is -0.120. The van der Waals surface area contributed by atoms with Crippen LogP contribution in [0.3, 0.4) is 0 Å².